The van der Waals surface area contributed by atoms with E-state index in [0.717, 1.165) is 4.41 Å². The smallest absolute Gasteiger partial charge is 0.321 e. The van der Waals surface area contributed by atoms with E-state index in [1.807, 2.05) is 0 Å². The summed E-state index contributed by atoms with van der Waals surface area (Å²) in [4.78, 5) is 11.2. The van der Waals surface area contributed by atoms with Crippen LogP contribution in [0.4, 0.5) is 0 Å². The second-order valence-electron chi connectivity index (χ2n) is 3.97. The molecule has 0 aromatic rings. The van der Waals surface area contributed by atoms with Gasteiger partial charge in [0, 0.05) is 12.4 Å². The number of nitrogens with one attached hydrogen (secondary N) is 1. The standard InChI is InChI=1S/C8H17ClN2O4S/c1-8(2,3)15-7(12)6-10-11(5-4-9)16(13)14/h10,16H,4-6H2,1-3H3. The zero-order valence-corrected chi connectivity index (χ0v) is 11.2. The number of rotatable bonds is 6. The van der Waals surface area contributed by atoms with Crippen LogP contribution in [0.15, 0.2) is 0 Å². The fraction of sp³-hybridized carbons (Fsp3) is 0.875. The van der Waals surface area contributed by atoms with Crippen molar-refractivity contribution < 1.29 is 17.9 Å². The van der Waals surface area contributed by atoms with Crippen molar-refractivity contribution in [2.24, 2.45) is 0 Å². The van der Waals surface area contributed by atoms with E-state index in [1.165, 1.54) is 0 Å². The highest BCUT2D eigenvalue weighted by Crippen LogP contribution is 2.06. The molecule has 0 aliphatic heterocycles. The van der Waals surface area contributed by atoms with Crippen molar-refractivity contribution in [2.75, 3.05) is 19.0 Å². The van der Waals surface area contributed by atoms with Crippen LogP contribution in [0, 0.1) is 0 Å². The Hall–Kier alpha value is -0.370. The maximum Gasteiger partial charge on any atom is 0.321 e. The third-order valence-electron chi connectivity index (χ3n) is 1.32. The Morgan fingerprint density at radius 1 is 1.44 bits per heavy atom. The zero-order chi connectivity index (χ0) is 12.8. The number of carbonyl (C=O) groups is 1. The molecule has 0 aliphatic carbocycles. The molecule has 8 heteroatoms. The summed E-state index contributed by atoms with van der Waals surface area (Å²) in [6.45, 7) is 5.08. The highest BCUT2D eigenvalue weighted by molar-refractivity contribution is 7.69. The Kier molecular flexibility index (Phi) is 6.89. The largest absolute Gasteiger partial charge is 0.459 e. The third kappa shape index (κ3) is 7.86. The van der Waals surface area contributed by atoms with E-state index < -0.39 is 22.5 Å². The van der Waals surface area contributed by atoms with Crippen LogP contribution in [0.1, 0.15) is 20.8 Å². The molecule has 0 bridgehead atoms. The predicted molar refractivity (Wildman–Crippen MR) is 61.6 cm³/mol. The molecule has 0 radical (unpaired) electrons. The van der Waals surface area contributed by atoms with Gasteiger partial charge in [0.15, 0.2) is 0 Å². The Morgan fingerprint density at radius 2 is 2.00 bits per heavy atom. The van der Waals surface area contributed by atoms with Crippen LogP contribution < -0.4 is 5.43 Å². The summed E-state index contributed by atoms with van der Waals surface area (Å²) >= 11 is 5.40. The second kappa shape index (κ2) is 7.05. The monoisotopic (exact) mass is 272 g/mol. The van der Waals surface area contributed by atoms with E-state index >= 15 is 0 Å². The lowest BCUT2D eigenvalue weighted by molar-refractivity contribution is -0.154. The molecule has 0 spiro atoms. The molecule has 16 heavy (non-hydrogen) atoms. The van der Waals surface area contributed by atoms with Crippen LogP contribution in [0.25, 0.3) is 0 Å². The molecule has 96 valence electrons. The molecular weight excluding hydrogens is 256 g/mol. The lowest BCUT2D eigenvalue weighted by Crippen LogP contribution is -2.42. The predicted octanol–water partition coefficient (Wildman–Crippen LogP) is -0.100. The van der Waals surface area contributed by atoms with Crippen molar-refractivity contribution >= 4 is 28.5 Å². The van der Waals surface area contributed by atoms with E-state index in [9.17, 15) is 13.2 Å². The average Bonchev–Trinajstić information content (AvgIpc) is 2.08. The second-order valence-corrected chi connectivity index (χ2v) is 5.31. The van der Waals surface area contributed by atoms with E-state index in [1.54, 1.807) is 20.8 Å². The minimum absolute atomic E-state index is 0.100. The quantitative estimate of drug-likeness (QED) is 0.306. The lowest BCUT2D eigenvalue weighted by atomic mass is 10.2. The van der Waals surface area contributed by atoms with E-state index in [2.05, 4.69) is 5.43 Å². The third-order valence-corrected chi connectivity index (χ3v) is 2.22. The number of thiol groups is 1. The van der Waals surface area contributed by atoms with Crippen LogP contribution in [0.5, 0.6) is 0 Å². The number of hydrogen-bond donors (Lipinski definition) is 2. The first-order valence-electron chi connectivity index (χ1n) is 4.69. The molecule has 1 N–H and O–H groups in total. The molecule has 0 heterocycles. The van der Waals surface area contributed by atoms with E-state index in [0.29, 0.717) is 0 Å². The minimum atomic E-state index is -2.80. The van der Waals surface area contributed by atoms with Crippen molar-refractivity contribution in [3.8, 4) is 0 Å². The zero-order valence-electron chi connectivity index (χ0n) is 9.53. The van der Waals surface area contributed by atoms with Gasteiger partial charge in [0.1, 0.15) is 12.1 Å². The highest BCUT2D eigenvalue weighted by Gasteiger charge is 2.17. The number of nitrogens with zero attached hydrogens (tertiary/aromatic N) is 1. The molecule has 0 aromatic heterocycles. The van der Waals surface area contributed by atoms with Crippen LogP contribution in [0.2, 0.25) is 0 Å². The number of halogens is 1. The number of hydrazine groups is 1. The van der Waals surface area contributed by atoms with Gasteiger partial charge in [-0.1, -0.05) is 0 Å². The summed E-state index contributed by atoms with van der Waals surface area (Å²) in [5.41, 5.74) is 1.83. The molecule has 0 atom stereocenters. The summed E-state index contributed by atoms with van der Waals surface area (Å²) in [5, 5.41) is 0. The van der Waals surface area contributed by atoms with E-state index in [-0.39, 0.29) is 19.0 Å². The Labute approximate surface area is 102 Å². The van der Waals surface area contributed by atoms with Gasteiger partial charge < -0.3 is 4.74 Å². The van der Waals surface area contributed by atoms with Crippen LogP contribution in [-0.4, -0.2) is 43.4 Å². The highest BCUT2D eigenvalue weighted by atomic mass is 35.5. The normalized spacial score (nSPS) is 12.1. The van der Waals surface area contributed by atoms with Gasteiger partial charge in [-0.15, -0.1) is 16.0 Å². The fourth-order valence-electron chi connectivity index (χ4n) is 0.832. The molecule has 0 amide bonds. The molecule has 0 unspecified atom stereocenters. The van der Waals surface area contributed by atoms with Crippen LogP contribution in [-0.2, 0) is 20.4 Å². The first-order valence-corrected chi connectivity index (χ1v) is 6.36. The number of esters is 1. The Morgan fingerprint density at radius 3 is 2.38 bits per heavy atom. The topological polar surface area (TPSA) is 75.7 Å². The summed E-state index contributed by atoms with van der Waals surface area (Å²) in [5.74, 6) is -0.381. The van der Waals surface area contributed by atoms with Gasteiger partial charge in [-0.25, -0.2) is 13.8 Å². The van der Waals surface area contributed by atoms with Gasteiger partial charge in [0.2, 0.25) is 10.9 Å². The molecular formula is C8H17ClN2O4S. The van der Waals surface area contributed by atoms with Gasteiger partial charge in [0.05, 0.1) is 0 Å². The lowest BCUT2D eigenvalue weighted by Gasteiger charge is -2.21. The van der Waals surface area contributed by atoms with Crippen molar-refractivity contribution in [1.82, 2.24) is 9.84 Å². The number of carbonyl (C=O) groups excluding carboxylic acids is 1. The maximum atomic E-state index is 11.2. The fourth-order valence-corrected chi connectivity index (χ4v) is 1.57. The summed E-state index contributed by atoms with van der Waals surface area (Å²) in [7, 11) is -2.80. The molecule has 0 aromatic carbocycles. The van der Waals surface area contributed by atoms with Crippen molar-refractivity contribution in [2.45, 2.75) is 26.4 Å². The van der Waals surface area contributed by atoms with Crippen molar-refractivity contribution in [3.05, 3.63) is 0 Å². The SMILES string of the molecule is CC(C)(C)OC(=O)CNN(CCCl)[SH](=O)=O. The number of ether oxygens (including phenoxy) is 1. The number of hydrogen-bond acceptors (Lipinski definition) is 5. The molecule has 0 aliphatic rings. The summed E-state index contributed by atoms with van der Waals surface area (Å²) < 4.78 is 27.2. The van der Waals surface area contributed by atoms with E-state index in [4.69, 9.17) is 16.3 Å². The minimum Gasteiger partial charge on any atom is -0.459 e. The molecule has 6 nitrogen and oxygen atoms in total. The molecule has 0 saturated heterocycles. The van der Waals surface area contributed by atoms with Gasteiger partial charge in [-0.3, -0.25) is 4.79 Å². The van der Waals surface area contributed by atoms with Crippen molar-refractivity contribution in [1.29, 1.82) is 0 Å². The first kappa shape index (κ1) is 15.6. The van der Waals surface area contributed by atoms with Crippen LogP contribution >= 0.6 is 11.6 Å². The number of alkyl halides is 1. The average molecular weight is 273 g/mol. The molecule has 0 rings (SSSR count). The Bertz CT molecular complexity index is 293. The summed E-state index contributed by atoms with van der Waals surface area (Å²) in [6.07, 6.45) is 0. The first-order chi connectivity index (χ1) is 7.26. The van der Waals surface area contributed by atoms with Gasteiger partial charge in [-0.05, 0) is 20.8 Å². The Balaban J connectivity index is 4.06. The van der Waals surface area contributed by atoms with Crippen LogP contribution in [0.3, 0.4) is 0 Å². The van der Waals surface area contributed by atoms with Gasteiger partial charge in [-0.2, -0.15) is 0 Å². The van der Waals surface area contributed by atoms with Crippen molar-refractivity contribution in [3.63, 3.8) is 0 Å². The maximum absolute atomic E-state index is 11.2. The summed E-state index contributed by atoms with van der Waals surface area (Å²) in [6, 6.07) is 0. The van der Waals surface area contributed by atoms with Gasteiger partial charge >= 0.3 is 5.97 Å². The molecule has 0 saturated carbocycles. The van der Waals surface area contributed by atoms with Gasteiger partial charge in [0.25, 0.3) is 0 Å². The molecule has 0 fully saturated rings.